The van der Waals surface area contributed by atoms with E-state index in [2.05, 4.69) is 6.07 Å². The number of benzene rings is 1. The van der Waals surface area contributed by atoms with E-state index in [1.807, 2.05) is 43.3 Å². The highest BCUT2D eigenvalue weighted by atomic mass is 16.3. The fourth-order valence-electron chi connectivity index (χ4n) is 3.08. The van der Waals surface area contributed by atoms with Crippen LogP contribution in [0.1, 0.15) is 50.2 Å². The Balaban J connectivity index is 2.23. The van der Waals surface area contributed by atoms with E-state index in [4.69, 9.17) is 0 Å². The molecule has 1 aromatic rings. The first-order chi connectivity index (χ1) is 9.59. The van der Waals surface area contributed by atoms with Gasteiger partial charge in [-0.15, -0.1) is 0 Å². The summed E-state index contributed by atoms with van der Waals surface area (Å²) in [6, 6.07) is 10.3. The van der Waals surface area contributed by atoms with E-state index in [-0.39, 0.29) is 0 Å². The summed E-state index contributed by atoms with van der Waals surface area (Å²) in [5, 5.41) is 20.3. The van der Waals surface area contributed by atoms with Crippen molar-refractivity contribution in [1.29, 1.82) is 5.26 Å². The van der Waals surface area contributed by atoms with Gasteiger partial charge in [-0.3, -0.25) is 0 Å². The van der Waals surface area contributed by atoms with Gasteiger partial charge in [0, 0.05) is 19.8 Å². The van der Waals surface area contributed by atoms with Crippen LogP contribution in [-0.2, 0) is 0 Å². The minimum atomic E-state index is -0.679. The Morgan fingerprint density at radius 3 is 2.10 bits per heavy atom. The summed E-state index contributed by atoms with van der Waals surface area (Å²) in [4.78, 5) is 2.03. The molecule has 1 aliphatic rings. The van der Waals surface area contributed by atoms with Gasteiger partial charge < -0.3 is 10.0 Å². The standard InChI is InChI=1S/C17H24N2O/c1-19(2)15-9-7-14(8-10-15)16(20)17(13-18)11-5-3-4-6-12-17/h7-10,16,20H,3-6,11-12H2,1-2H3. The lowest BCUT2D eigenvalue weighted by Crippen LogP contribution is -2.27. The summed E-state index contributed by atoms with van der Waals surface area (Å²) >= 11 is 0. The number of aliphatic hydroxyl groups excluding tert-OH is 1. The first-order valence-electron chi connectivity index (χ1n) is 7.46. The minimum absolute atomic E-state index is 0.601. The van der Waals surface area contributed by atoms with Gasteiger partial charge in [0.05, 0.1) is 17.6 Å². The van der Waals surface area contributed by atoms with Crippen molar-refractivity contribution >= 4 is 5.69 Å². The van der Waals surface area contributed by atoms with E-state index in [1.54, 1.807) is 0 Å². The van der Waals surface area contributed by atoms with Crippen molar-refractivity contribution in [1.82, 2.24) is 0 Å². The zero-order chi connectivity index (χ0) is 14.6. The molecule has 1 fully saturated rings. The Bertz CT molecular complexity index is 465. The van der Waals surface area contributed by atoms with Gasteiger partial charge in [-0.2, -0.15) is 5.26 Å². The average Bonchev–Trinajstić information content (AvgIpc) is 2.73. The molecular formula is C17H24N2O. The molecular weight excluding hydrogens is 248 g/mol. The quantitative estimate of drug-likeness (QED) is 0.854. The van der Waals surface area contributed by atoms with Gasteiger partial charge in [0.1, 0.15) is 0 Å². The SMILES string of the molecule is CN(C)c1ccc(C(O)C2(C#N)CCCCCC2)cc1. The monoisotopic (exact) mass is 272 g/mol. The van der Waals surface area contributed by atoms with E-state index < -0.39 is 11.5 Å². The molecule has 1 saturated carbocycles. The first-order valence-corrected chi connectivity index (χ1v) is 7.46. The fraction of sp³-hybridized carbons (Fsp3) is 0.588. The summed E-state index contributed by atoms with van der Waals surface area (Å²) in [6.07, 6.45) is 5.37. The number of rotatable bonds is 3. The summed E-state index contributed by atoms with van der Waals surface area (Å²) in [5.41, 5.74) is 1.36. The maximum atomic E-state index is 10.7. The molecule has 0 aliphatic heterocycles. The normalized spacial score (nSPS) is 19.7. The summed E-state index contributed by atoms with van der Waals surface area (Å²) in [5.74, 6) is 0. The van der Waals surface area contributed by atoms with E-state index in [9.17, 15) is 10.4 Å². The lowest BCUT2D eigenvalue weighted by Gasteiger charge is -2.31. The molecule has 1 atom stereocenters. The van der Waals surface area contributed by atoms with Crippen LogP contribution in [0.2, 0.25) is 0 Å². The lowest BCUT2D eigenvalue weighted by atomic mass is 9.74. The fourth-order valence-corrected chi connectivity index (χ4v) is 3.08. The number of anilines is 1. The number of nitriles is 1. The molecule has 0 aromatic heterocycles. The second kappa shape index (κ2) is 6.28. The van der Waals surface area contributed by atoms with Crippen molar-refractivity contribution in [3.8, 4) is 6.07 Å². The van der Waals surface area contributed by atoms with Gasteiger partial charge in [0.15, 0.2) is 0 Å². The molecule has 0 saturated heterocycles. The molecule has 108 valence electrons. The third-order valence-electron chi connectivity index (χ3n) is 4.47. The highest BCUT2D eigenvalue weighted by molar-refractivity contribution is 5.46. The Labute approximate surface area is 121 Å². The third kappa shape index (κ3) is 2.96. The Kier molecular flexibility index (Phi) is 4.67. The molecule has 1 N–H and O–H groups in total. The maximum Gasteiger partial charge on any atom is 0.0976 e. The van der Waals surface area contributed by atoms with Crippen LogP contribution < -0.4 is 4.90 Å². The van der Waals surface area contributed by atoms with Crippen molar-refractivity contribution in [3.05, 3.63) is 29.8 Å². The second-order valence-electron chi connectivity index (χ2n) is 6.07. The van der Waals surface area contributed by atoms with Crippen molar-refractivity contribution in [3.63, 3.8) is 0 Å². The first kappa shape index (κ1) is 14.9. The molecule has 3 nitrogen and oxygen atoms in total. The van der Waals surface area contributed by atoms with Crippen LogP contribution >= 0.6 is 0 Å². The van der Waals surface area contributed by atoms with Crippen molar-refractivity contribution in [2.45, 2.75) is 44.6 Å². The van der Waals surface area contributed by atoms with E-state index in [0.29, 0.717) is 0 Å². The van der Waals surface area contributed by atoms with Crippen LogP contribution in [0.5, 0.6) is 0 Å². The Morgan fingerprint density at radius 1 is 1.10 bits per heavy atom. The number of nitrogens with zero attached hydrogens (tertiary/aromatic N) is 2. The van der Waals surface area contributed by atoms with E-state index in [1.165, 1.54) is 12.8 Å². The highest BCUT2D eigenvalue weighted by Crippen LogP contribution is 2.44. The average molecular weight is 272 g/mol. The lowest BCUT2D eigenvalue weighted by molar-refractivity contribution is 0.0516. The van der Waals surface area contributed by atoms with Crippen LogP contribution in [-0.4, -0.2) is 19.2 Å². The summed E-state index contributed by atoms with van der Waals surface area (Å²) in [7, 11) is 3.99. The summed E-state index contributed by atoms with van der Waals surface area (Å²) < 4.78 is 0. The largest absolute Gasteiger partial charge is 0.387 e. The molecule has 1 unspecified atom stereocenters. The molecule has 1 aliphatic carbocycles. The molecule has 0 radical (unpaired) electrons. The molecule has 0 amide bonds. The Hall–Kier alpha value is -1.53. The number of hydrogen-bond donors (Lipinski definition) is 1. The molecule has 1 aromatic carbocycles. The molecule has 3 heteroatoms. The van der Waals surface area contributed by atoms with Crippen LogP contribution in [0.25, 0.3) is 0 Å². The van der Waals surface area contributed by atoms with Gasteiger partial charge in [0.2, 0.25) is 0 Å². The summed E-state index contributed by atoms with van der Waals surface area (Å²) in [6.45, 7) is 0. The van der Waals surface area contributed by atoms with Gasteiger partial charge in [-0.05, 0) is 30.5 Å². The molecule has 2 rings (SSSR count). The smallest absolute Gasteiger partial charge is 0.0976 e. The molecule has 0 spiro atoms. The topological polar surface area (TPSA) is 47.3 Å². The number of hydrogen-bond acceptors (Lipinski definition) is 3. The number of aliphatic hydroxyl groups is 1. The zero-order valence-corrected chi connectivity index (χ0v) is 12.5. The second-order valence-corrected chi connectivity index (χ2v) is 6.07. The maximum absolute atomic E-state index is 10.7. The van der Waals surface area contributed by atoms with E-state index >= 15 is 0 Å². The predicted molar refractivity (Wildman–Crippen MR) is 81.5 cm³/mol. The van der Waals surface area contributed by atoms with E-state index in [0.717, 1.165) is 36.9 Å². The van der Waals surface area contributed by atoms with Crippen molar-refractivity contribution in [2.75, 3.05) is 19.0 Å². The molecule has 20 heavy (non-hydrogen) atoms. The van der Waals surface area contributed by atoms with Crippen LogP contribution in [0, 0.1) is 16.7 Å². The van der Waals surface area contributed by atoms with Gasteiger partial charge in [-0.1, -0.05) is 37.8 Å². The Morgan fingerprint density at radius 2 is 1.65 bits per heavy atom. The van der Waals surface area contributed by atoms with Crippen LogP contribution in [0.15, 0.2) is 24.3 Å². The van der Waals surface area contributed by atoms with Crippen molar-refractivity contribution < 1.29 is 5.11 Å². The zero-order valence-electron chi connectivity index (χ0n) is 12.5. The van der Waals surface area contributed by atoms with Gasteiger partial charge >= 0.3 is 0 Å². The third-order valence-corrected chi connectivity index (χ3v) is 4.47. The predicted octanol–water partition coefficient (Wildman–Crippen LogP) is 3.65. The molecule has 0 bridgehead atoms. The highest BCUT2D eigenvalue weighted by Gasteiger charge is 2.39. The van der Waals surface area contributed by atoms with Crippen molar-refractivity contribution in [2.24, 2.45) is 5.41 Å². The van der Waals surface area contributed by atoms with Crippen LogP contribution in [0.4, 0.5) is 5.69 Å². The van der Waals surface area contributed by atoms with Gasteiger partial charge in [-0.25, -0.2) is 0 Å². The molecule has 0 heterocycles. The van der Waals surface area contributed by atoms with Gasteiger partial charge in [0.25, 0.3) is 0 Å². The minimum Gasteiger partial charge on any atom is -0.387 e. The van der Waals surface area contributed by atoms with Crippen LogP contribution in [0.3, 0.4) is 0 Å².